The largest absolute Gasteiger partial charge is 0.0654 e. The van der Waals surface area contributed by atoms with Crippen molar-refractivity contribution < 1.29 is 0 Å². The third-order valence-corrected chi connectivity index (χ3v) is 1.27. The Bertz CT molecular complexity index is 31.0. The molecule has 0 aromatic rings. The van der Waals surface area contributed by atoms with Gasteiger partial charge in [0.2, 0.25) is 0 Å². The smallest absolute Gasteiger partial charge is 0.0417 e. The molecule has 7 heavy (non-hydrogen) atoms. The van der Waals surface area contributed by atoms with E-state index in [1.165, 1.54) is 19.3 Å². The van der Waals surface area contributed by atoms with Crippen LogP contribution in [0.5, 0.6) is 0 Å². The highest BCUT2D eigenvalue weighted by molar-refractivity contribution is 4.55. The zero-order valence-electron chi connectivity index (χ0n) is 5.41. The molecule has 0 rings (SSSR count). The van der Waals surface area contributed by atoms with Gasteiger partial charge in [0.15, 0.2) is 0 Å². The second kappa shape index (κ2) is 4.17. The van der Waals surface area contributed by atoms with Crippen molar-refractivity contribution >= 4 is 0 Å². The molecule has 1 atom stereocenters. The van der Waals surface area contributed by atoms with Crippen LogP contribution in [0.15, 0.2) is 0 Å². The molecule has 0 heterocycles. The van der Waals surface area contributed by atoms with E-state index in [-0.39, 0.29) is 0 Å². The van der Waals surface area contributed by atoms with Crippen molar-refractivity contribution in [3.63, 3.8) is 0 Å². The second-order valence-electron chi connectivity index (χ2n) is 2.06. The Morgan fingerprint density at radius 2 is 2.00 bits per heavy atom. The van der Waals surface area contributed by atoms with E-state index >= 15 is 0 Å². The molecule has 0 aliphatic rings. The van der Waals surface area contributed by atoms with Gasteiger partial charge in [-0.3, -0.25) is 0 Å². The van der Waals surface area contributed by atoms with E-state index in [0.717, 1.165) is 0 Å². The third kappa shape index (κ3) is 3.84. The van der Waals surface area contributed by atoms with Gasteiger partial charge in [0.1, 0.15) is 0 Å². The lowest BCUT2D eigenvalue weighted by Crippen LogP contribution is -1.88. The average molecular weight is 99.2 g/mol. The molecule has 0 aliphatic carbocycles. The zero-order chi connectivity index (χ0) is 5.70. The minimum Gasteiger partial charge on any atom is -0.0654 e. The van der Waals surface area contributed by atoms with Crippen LogP contribution in [0.25, 0.3) is 0 Å². The van der Waals surface area contributed by atoms with Gasteiger partial charge in [0.25, 0.3) is 0 Å². The first-order valence-electron chi connectivity index (χ1n) is 3.14. The summed E-state index contributed by atoms with van der Waals surface area (Å²) in [5.41, 5.74) is 0. The topological polar surface area (TPSA) is 0 Å². The first-order valence-corrected chi connectivity index (χ1v) is 3.14. The predicted molar refractivity (Wildman–Crippen MR) is 34.0 cm³/mol. The van der Waals surface area contributed by atoms with Crippen molar-refractivity contribution in [1.29, 1.82) is 0 Å². The highest BCUT2D eigenvalue weighted by atomic mass is 14.0. The van der Waals surface area contributed by atoms with Crippen LogP contribution in [-0.2, 0) is 0 Å². The summed E-state index contributed by atoms with van der Waals surface area (Å²) in [5, 5.41) is 0. The first kappa shape index (κ1) is 7.00. The predicted octanol–water partition coefficient (Wildman–Crippen LogP) is 2.65. The van der Waals surface area contributed by atoms with E-state index in [9.17, 15) is 0 Å². The second-order valence-corrected chi connectivity index (χ2v) is 2.06. The van der Waals surface area contributed by atoms with Gasteiger partial charge in [-0.2, -0.15) is 0 Å². The fourth-order valence-corrected chi connectivity index (χ4v) is 0.612. The van der Waals surface area contributed by atoms with E-state index in [2.05, 4.69) is 20.8 Å². The maximum Gasteiger partial charge on any atom is -0.0417 e. The van der Waals surface area contributed by atoms with E-state index in [0.29, 0.717) is 5.92 Å². The molecule has 0 heteroatoms. The molecule has 0 aromatic carbocycles. The standard InChI is InChI=1S/C7H15/c1-4-6-7(3)5-2/h7H,3-6H2,1-2H3/t7-/m0/s1. The van der Waals surface area contributed by atoms with Crippen LogP contribution in [0.3, 0.4) is 0 Å². The van der Waals surface area contributed by atoms with Gasteiger partial charge in [-0.15, -0.1) is 0 Å². The summed E-state index contributed by atoms with van der Waals surface area (Å²) in [7, 11) is 0. The molecule has 0 amide bonds. The Hall–Kier alpha value is 0. The summed E-state index contributed by atoms with van der Waals surface area (Å²) in [4.78, 5) is 0. The highest BCUT2D eigenvalue weighted by Gasteiger charge is 1.92. The Labute approximate surface area is 46.9 Å². The molecule has 0 saturated carbocycles. The van der Waals surface area contributed by atoms with Crippen molar-refractivity contribution in [3.8, 4) is 0 Å². The minimum atomic E-state index is 0.699. The lowest BCUT2D eigenvalue weighted by atomic mass is 10.0. The van der Waals surface area contributed by atoms with E-state index in [1.54, 1.807) is 0 Å². The van der Waals surface area contributed by atoms with Crippen LogP contribution in [0.1, 0.15) is 33.1 Å². The Kier molecular flexibility index (Phi) is 4.17. The maximum atomic E-state index is 3.95. The van der Waals surface area contributed by atoms with Crippen LogP contribution in [0.4, 0.5) is 0 Å². The molecule has 0 aliphatic heterocycles. The van der Waals surface area contributed by atoms with Gasteiger partial charge in [-0.25, -0.2) is 0 Å². The summed E-state index contributed by atoms with van der Waals surface area (Å²) in [6.07, 6.45) is 3.80. The van der Waals surface area contributed by atoms with Crippen LogP contribution in [0, 0.1) is 12.8 Å². The van der Waals surface area contributed by atoms with Crippen molar-refractivity contribution in [3.05, 3.63) is 6.92 Å². The van der Waals surface area contributed by atoms with Crippen LogP contribution in [-0.4, -0.2) is 0 Å². The van der Waals surface area contributed by atoms with Crippen molar-refractivity contribution in [1.82, 2.24) is 0 Å². The molecule has 0 fully saturated rings. The molecule has 0 aromatic heterocycles. The van der Waals surface area contributed by atoms with Gasteiger partial charge < -0.3 is 0 Å². The van der Waals surface area contributed by atoms with E-state index in [1.807, 2.05) is 0 Å². The molecule has 0 spiro atoms. The van der Waals surface area contributed by atoms with Gasteiger partial charge >= 0.3 is 0 Å². The molecule has 1 radical (unpaired) electrons. The number of hydrogen-bond acceptors (Lipinski definition) is 0. The van der Waals surface area contributed by atoms with Crippen molar-refractivity contribution in [2.24, 2.45) is 5.92 Å². The Morgan fingerprint density at radius 1 is 1.43 bits per heavy atom. The fourth-order valence-electron chi connectivity index (χ4n) is 0.612. The van der Waals surface area contributed by atoms with Crippen LogP contribution < -0.4 is 0 Å². The van der Waals surface area contributed by atoms with Gasteiger partial charge in [0, 0.05) is 0 Å². The average Bonchev–Trinajstić information content (AvgIpc) is 1.68. The van der Waals surface area contributed by atoms with E-state index in [4.69, 9.17) is 0 Å². The quantitative estimate of drug-likeness (QED) is 0.510. The third-order valence-electron chi connectivity index (χ3n) is 1.27. The lowest BCUT2D eigenvalue weighted by molar-refractivity contribution is 0.559. The van der Waals surface area contributed by atoms with Gasteiger partial charge in [-0.1, -0.05) is 40.0 Å². The molecule has 0 nitrogen and oxygen atoms in total. The van der Waals surface area contributed by atoms with Crippen molar-refractivity contribution in [2.45, 2.75) is 33.1 Å². The monoisotopic (exact) mass is 99.1 g/mol. The number of rotatable bonds is 3. The summed E-state index contributed by atoms with van der Waals surface area (Å²) in [5.74, 6) is 0.699. The SMILES string of the molecule is [CH2][C@@H](CC)CCC. The van der Waals surface area contributed by atoms with Gasteiger partial charge in [-0.05, 0) is 5.92 Å². The summed E-state index contributed by atoms with van der Waals surface area (Å²) in [6.45, 7) is 8.34. The molecular formula is C7H15. The molecule has 0 bridgehead atoms. The molecule has 43 valence electrons. The maximum absolute atomic E-state index is 3.95. The lowest BCUT2D eigenvalue weighted by Gasteiger charge is -2.02. The molecule has 0 saturated heterocycles. The van der Waals surface area contributed by atoms with Crippen LogP contribution in [0.2, 0.25) is 0 Å². The summed E-state index contributed by atoms with van der Waals surface area (Å²) >= 11 is 0. The highest BCUT2D eigenvalue weighted by Crippen LogP contribution is 2.06. The summed E-state index contributed by atoms with van der Waals surface area (Å²) < 4.78 is 0. The fraction of sp³-hybridized carbons (Fsp3) is 0.857. The first-order chi connectivity index (χ1) is 3.31. The molecular weight excluding hydrogens is 84.1 g/mol. The number of hydrogen-bond donors (Lipinski definition) is 0. The normalized spacial score (nSPS) is 14.1. The Balaban J connectivity index is 2.83. The molecule has 0 N–H and O–H groups in total. The Morgan fingerprint density at radius 3 is 2.14 bits per heavy atom. The molecule has 0 unspecified atom stereocenters. The van der Waals surface area contributed by atoms with E-state index < -0.39 is 0 Å². The minimum absolute atomic E-state index is 0.699. The van der Waals surface area contributed by atoms with Crippen LogP contribution >= 0.6 is 0 Å². The zero-order valence-corrected chi connectivity index (χ0v) is 5.41. The van der Waals surface area contributed by atoms with Crippen molar-refractivity contribution in [2.75, 3.05) is 0 Å². The summed E-state index contributed by atoms with van der Waals surface area (Å²) in [6, 6.07) is 0. The van der Waals surface area contributed by atoms with Gasteiger partial charge in [0.05, 0.1) is 0 Å².